The first-order chi connectivity index (χ1) is 11.7. The molecule has 130 valence electrons. The van der Waals surface area contributed by atoms with Crippen LogP contribution in [0.1, 0.15) is 15.4 Å². The number of aryl methyl sites for hydroxylation is 1. The summed E-state index contributed by atoms with van der Waals surface area (Å²) in [5.74, 6) is 0.844. The molecule has 0 bridgehead atoms. The third-order valence-corrected chi connectivity index (χ3v) is 4.58. The molecule has 0 unspecified atom stereocenters. The fourth-order valence-corrected chi connectivity index (χ4v) is 3.15. The quantitative estimate of drug-likeness (QED) is 0.569. The number of rotatable bonds is 8. The normalized spacial score (nSPS) is 11.8. The van der Waals surface area contributed by atoms with E-state index in [4.69, 9.17) is 0 Å². The number of thiazole rings is 1. The zero-order chi connectivity index (χ0) is 17.2. The summed E-state index contributed by atoms with van der Waals surface area (Å²) in [6.45, 7) is 5.70. The predicted octanol–water partition coefficient (Wildman–Crippen LogP) is 2.29. The van der Waals surface area contributed by atoms with Gasteiger partial charge < -0.3 is 15.5 Å². The van der Waals surface area contributed by atoms with Crippen LogP contribution in [0, 0.1) is 6.92 Å². The largest absolute Gasteiger partial charge is 0.356 e. The van der Waals surface area contributed by atoms with E-state index >= 15 is 0 Å². The summed E-state index contributed by atoms with van der Waals surface area (Å²) in [6, 6.07) is 10.5. The van der Waals surface area contributed by atoms with Crippen LogP contribution in [0.5, 0.6) is 0 Å². The van der Waals surface area contributed by atoms with Crippen LogP contribution in [0.15, 0.2) is 41.5 Å². The number of nitrogens with one attached hydrogen (secondary N) is 2. The van der Waals surface area contributed by atoms with Gasteiger partial charge in [-0.2, -0.15) is 0 Å². The van der Waals surface area contributed by atoms with Crippen LogP contribution in [0.25, 0.3) is 0 Å². The molecule has 6 heteroatoms. The van der Waals surface area contributed by atoms with Crippen molar-refractivity contribution >= 4 is 17.3 Å². The molecule has 24 heavy (non-hydrogen) atoms. The van der Waals surface area contributed by atoms with Gasteiger partial charge in [0, 0.05) is 50.7 Å². The summed E-state index contributed by atoms with van der Waals surface area (Å²) in [7, 11) is 3.94. The highest BCUT2D eigenvalue weighted by molar-refractivity contribution is 7.11. The monoisotopic (exact) mass is 345 g/mol. The van der Waals surface area contributed by atoms with E-state index in [0.717, 1.165) is 43.6 Å². The molecule has 0 amide bonds. The highest BCUT2D eigenvalue weighted by Gasteiger charge is 2.03. The minimum Gasteiger partial charge on any atom is -0.356 e. The Morgan fingerprint density at radius 2 is 1.96 bits per heavy atom. The molecule has 1 aromatic heterocycles. The summed E-state index contributed by atoms with van der Waals surface area (Å²) in [5.41, 5.74) is 1.33. The SMILES string of the molecule is CN=C(NCCc1ncc(C)s1)NCCN(C)Cc1ccccc1. The molecule has 0 saturated heterocycles. The maximum Gasteiger partial charge on any atom is 0.191 e. The van der Waals surface area contributed by atoms with Crippen molar-refractivity contribution in [3.05, 3.63) is 52.0 Å². The molecule has 0 saturated carbocycles. The van der Waals surface area contributed by atoms with Crippen LogP contribution in [0.3, 0.4) is 0 Å². The second-order valence-electron chi connectivity index (χ2n) is 5.76. The molecule has 0 atom stereocenters. The molecule has 5 nitrogen and oxygen atoms in total. The lowest BCUT2D eigenvalue weighted by atomic mass is 10.2. The van der Waals surface area contributed by atoms with E-state index in [1.807, 2.05) is 12.3 Å². The summed E-state index contributed by atoms with van der Waals surface area (Å²) in [5, 5.41) is 7.86. The average Bonchev–Trinajstić information content (AvgIpc) is 2.99. The molecule has 2 aromatic rings. The molecule has 0 aliphatic carbocycles. The summed E-state index contributed by atoms with van der Waals surface area (Å²) >= 11 is 1.75. The van der Waals surface area contributed by atoms with E-state index in [1.165, 1.54) is 10.4 Å². The van der Waals surface area contributed by atoms with E-state index in [2.05, 4.69) is 63.7 Å². The fourth-order valence-electron chi connectivity index (χ4n) is 2.36. The predicted molar refractivity (Wildman–Crippen MR) is 103 cm³/mol. The number of likely N-dealkylation sites (N-methyl/N-ethyl adjacent to an activating group) is 1. The van der Waals surface area contributed by atoms with Crippen LogP contribution in [0.4, 0.5) is 0 Å². The minimum atomic E-state index is 0.840. The van der Waals surface area contributed by atoms with Crippen LogP contribution < -0.4 is 10.6 Å². The first-order valence-corrected chi connectivity index (χ1v) is 9.07. The molecule has 2 rings (SSSR count). The maximum atomic E-state index is 4.38. The van der Waals surface area contributed by atoms with Crippen molar-refractivity contribution in [3.8, 4) is 0 Å². The first kappa shape index (κ1) is 18.4. The van der Waals surface area contributed by atoms with Crippen molar-refractivity contribution in [3.63, 3.8) is 0 Å². The molecule has 1 aromatic carbocycles. The highest BCUT2D eigenvalue weighted by Crippen LogP contribution is 2.10. The van der Waals surface area contributed by atoms with Gasteiger partial charge in [0.05, 0.1) is 5.01 Å². The minimum absolute atomic E-state index is 0.840. The van der Waals surface area contributed by atoms with E-state index < -0.39 is 0 Å². The number of benzene rings is 1. The molecule has 1 heterocycles. The standard InChI is InChI=1S/C18H27N5S/c1-15-13-22-17(24-15)9-10-20-18(19-2)21-11-12-23(3)14-16-7-5-4-6-8-16/h4-8,13H,9-12,14H2,1-3H3,(H2,19,20,21). The third kappa shape index (κ3) is 6.68. The van der Waals surface area contributed by atoms with Crippen molar-refractivity contribution in [1.82, 2.24) is 20.5 Å². The van der Waals surface area contributed by atoms with Gasteiger partial charge in [-0.3, -0.25) is 4.99 Å². The molecule has 0 radical (unpaired) electrons. The molecule has 0 aliphatic rings. The zero-order valence-electron chi connectivity index (χ0n) is 14.7. The van der Waals surface area contributed by atoms with Gasteiger partial charge in [-0.05, 0) is 19.5 Å². The first-order valence-electron chi connectivity index (χ1n) is 8.25. The second-order valence-corrected chi connectivity index (χ2v) is 7.08. The van der Waals surface area contributed by atoms with Gasteiger partial charge in [-0.25, -0.2) is 4.98 Å². The Morgan fingerprint density at radius 3 is 2.62 bits per heavy atom. The van der Waals surface area contributed by atoms with Crippen LogP contribution in [-0.4, -0.2) is 49.6 Å². The molecule has 2 N–H and O–H groups in total. The van der Waals surface area contributed by atoms with Crippen LogP contribution >= 0.6 is 11.3 Å². The van der Waals surface area contributed by atoms with Gasteiger partial charge in [0.1, 0.15) is 0 Å². The van der Waals surface area contributed by atoms with Crippen molar-refractivity contribution in [2.75, 3.05) is 33.7 Å². The second kappa shape index (κ2) is 10.1. The van der Waals surface area contributed by atoms with E-state index in [-0.39, 0.29) is 0 Å². The van der Waals surface area contributed by atoms with Crippen molar-refractivity contribution in [1.29, 1.82) is 0 Å². The number of aliphatic imine (C=N–C) groups is 1. The number of nitrogens with zero attached hydrogens (tertiary/aromatic N) is 3. The van der Waals surface area contributed by atoms with Crippen molar-refractivity contribution in [2.24, 2.45) is 4.99 Å². The maximum absolute atomic E-state index is 4.38. The Balaban J connectivity index is 1.62. The van der Waals surface area contributed by atoms with Gasteiger partial charge >= 0.3 is 0 Å². The summed E-state index contributed by atoms with van der Waals surface area (Å²) < 4.78 is 0. The summed E-state index contributed by atoms with van der Waals surface area (Å²) in [6.07, 6.45) is 2.85. The Kier molecular flexibility index (Phi) is 7.71. The average molecular weight is 346 g/mol. The van der Waals surface area contributed by atoms with Gasteiger partial charge in [0.15, 0.2) is 5.96 Å². The number of hydrogen-bond acceptors (Lipinski definition) is 4. The number of guanidine groups is 1. The third-order valence-electron chi connectivity index (χ3n) is 3.61. The van der Waals surface area contributed by atoms with Crippen molar-refractivity contribution in [2.45, 2.75) is 19.9 Å². The summed E-state index contributed by atoms with van der Waals surface area (Å²) in [4.78, 5) is 12.2. The van der Waals surface area contributed by atoms with Crippen molar-refractivity contribution < 1.29 is 0 Å². The van der Waals surface area contributed by atoms with Gasteiger partial charge in [0.2, 0.25) is 0 Å². The molecular formula is C18H27N5S. The van der Waals surface area contributed by atoms with E-state index in [9.17, 15) is 0 Å². The molecule has 0 fully saturated rings. The number of hydrogen-bond donors (Lipinski definition) is 2. The van der Waals surface area contributed by atoms with Gasteiger partial charge in [-0.15, -0.1) is 11.3 Å². The molecular weight excluding hydrogens is 318 g/mol. The topological polar surface area (TPSA) is 52.6 Å². The lowest BCUT2D eigenvalue weighted by Gasteiger charge is -2.18. The fraction of sp³-hybridized carbons (Fsp3) is 0.444. The molecule has 0 aliphatic heterocycles. The Bertz CT molecular complexity index is 623. The van der Waals surface area contributed by atoms with E-state index in [0.29, 0.717) is 0 Å². The van der Waals surface area contributed by atoms with E-state index in [1.54, 1.807) is 18.4 Å². The van der Waals surface area contributed by atoms with Gasteiger partial charge in [0.25, 0.3) is 0 Å². The highest BCUT2D eigenvalue weighted by atomic mass is 32.1. The smallest absolute Gasteiger partial charge is 0.191 e. The Hall–Kier alpha value is -1.92. The lowest BCUT2D eigenvalue weighted by molar-refractivity contribution is 0.331. The van der Waals surface area contributed by atoms with Crippen LogP contribution in [0.2, 0.25) is 0 Å². The Labute approximate surface area is 148 Å². The lowest BCUT2D eigenvalue weighted by Crippen LogP contribution is -2.41. The zero-order valence-corrected chi connectivity index (χ0v) is 15.6. The van der Waals surface area contributed by atoms with Crippen LogP contribution in [-0.2, 0) is 13.0 Å². The number of aromatic nitrogens is 1. The molecule has 0 spiro atoms. The Morgan fingerprint density at radius 1 is 1.21 bits per heavy atom. The van der Waals surface area contributed by atoms with Gasteiger partial charge in [-0.1, -0.05) is 30.3 Å².